The van der Waals surface area contributed by atoms with E-state index in [1.807, 2.05) is 35.7 Å². The van der Waals surface area contributed by atoms with Crippen LogP contribution in [0.5, 0.6) is 5.75 Å². The molecule has 1 amide bonds. The highest BCUT2D eigenvalue weighted by atomic mass is 32.1. The molecule has 0 fully saturated rings. The fourth-order valence-electron chi connectivity index (χ4n) is 3.40. The first-order valence-electron chi connectivity index (χ1n) is 9.24. The number of thiazole rings is 1. The molecule has 1 aliphatic heterocycles. The summed E-state index contributed by atoms with van der Waals surface area (Å²) in [6.45, 7) is 0.440. The fraction of sp³-hybridized carbons (Fsp3) is 0.136. The van der Waals surface area contributed by atoms with Crippen LogP contribution < -0.4 is 10.1 Å². The third-order valence-corrected chi connectivity index (χ3v) is 6.66. The molecule has 5 rings (SSSR count). The van der Waals surface area contributed by atoms with Gasteiger partial charge < -0.3 is 10.1 Å². The van der Waals surface area contributed by atoms with Crippen LogP contribution in [0.3, 0.4) is 0 Å². The van der Waals surface area contributed by atoms with Crippen molar-refractivity contribution >= 4 is 28.6 Å². The highest BCUT2D eigenvalue weighted by Crippen LogP contribution is 2.38. The first-order valence-corrected chi connectivity index (χ1v) is 11.0. The lowest BCUT2D eigenvalue weighted by molar-refractivity contribution is 0.0929. The summed E-state index contributed by atoms with van der Waals surface area (Å²) in [6, 6.07) is 14.1. The van der Waals surface area contributed by atoms with Gasteiger partial charge in [-0.1, -0.05) is 24.3 Å². The molecule has 1 aromatic carbocycles. The number of amides is 1. The first-order chi connectivity index (χ1) is 14.3. The summed E-state index contributed by atoms with van der Waals surface area (Å²) < 4.78 is 6.19. The summed E-state index contributed by atoms with van der Waals surface area (Å²) in [5, 5.41) is 7.65. The van der Waals surface area contributed by atoms with Gasteiger partial charge in [-0.3, -0.25) is 9.78 Å². The van der Waals surface area contributed by atoms with Crippen LogP contribution in [-0.4, -0.2) is 28.5 Å². The van der Waals surface area contributed by atoms with E-state index in [2.05, 4.69) is 27.4 Å². The van der Waals surface area contributed by atoms with Gasteiger partial charge in [0.05, 0.1) is 11.4 Å². The molecule has 1 N–H and O–H groups in total. The van der Waals surface area contributed by atoms with Crippen LogP contribution in [0.4, 0.5) is 0 Å². The molecule has 4 heterocycles. The van der Waals surface area contributed by atoms with Crippen molar-refractivity contribution in [2.24, 2.45) is 0 Å². The molecule has 0 saturated carbocycles. The molecule has 0 spiro atoms. The van der Waals surface area contributed by atoms with E-state index < -0.39 is 0 Å². The predicted octanol–water partition coefficient (Wildman–Crippen LogP) is 4.67. The second kappa shape index (κ2) is 7.77. The average molecular weight is 420 g/mol. The lowest BCUT2D eigenvalue weighted by atomic mass is 10.0. The Balaban J connectivity index is 1.25. The van der Waals surface area contributed by atoms with Crippen molar-refractivity contribution < 1.29 is 9.53 Å². The topological polar surface area (TPSA) is 64.1 Å². The molecule has 1 aliphatic rings. The summed E-state index contributed by atoms with van der Waals surface area (Å²) >= 11 is 3.10. The second-order valence-electron chi connectivity index (χ2n) is 6.70. The number of hydrogen-bond acceptors (Lipinski definition) is 6. The molecule has 144 valence electrons. The Bertz CT molecular complexity index is 1140. The standard InChI is InChI=1S/C22H17N3O2S2/c26-21(18-13-29-22(25-18)19-5-2-10-28-19)24-12-16-11-15-3-1-4-17(20(15)27-16)14-6-8-23-9-7-14/h1-10,13,16H,11-12H2,(H,24,26)/t16-/m0/s1. The Labute approximate surface area is 176 Å². The number of fused-ring (bicyclic) bond motifs is 1. The van der Waals surface area contributed by atoms with E-state index in [-0.39, 0.29) is 12.0 Å². The molecule has 0 radical (unpaired) electrons. The number of benzene rings is 1. The highest BCUT2D eigenvalue weighted by Gasteiger charge is 2.26. The molecule has 29 heavy (non-hydrogen) atoms. The monoisotopic (exact) mass is 419 g/mol. The fourth-order valence-corrected chi connectivity index (χ4v) is 5.01. The number of carbonyl (C=O) groups excluding carboxylic acids is 1. The maximum atomic E-state index is 12.5. The molecular weight excluding hydrogens is 402 g/mol. The van der Waals surface area contributed by atoms with Crippen LogP contribution in [0.2, 0.25) is 0 Å². The van der Waals surface area contributed by atoms with Gasteiger partial charge in [0.25, 0.3) is 5.91 Å². The van der Waals surface area contributed by atoms with Crippen molar-refractivity contribution in [3.8, 4) is 26.8 Å². The van der Waals surface area contributed by atoms with E-state index in [0.29, 0.717) is 12.2 Å². The lowest BCUT2D eigenvalue weighted by Gasteiger charge is -2.13. The van der Waals surface area contributed by atoms with Crippen molar-refractivity contribution in [3.63, 3.8) is 0 Å². The Hall–Kier alpha value is -3.03. The number of para-hydroxylation sites is 1. The Morgan fingerprint density at radius 1 is 1.14 bits per heavy atom. The zero-order chi connectivity index (χ0) is 19.6. The van der Waals surface area contributed by atoms with Crippen LogP contribution >= 0.6 is 22.7 Å². The first kappa shape index (κ1) is 18.0. The minimum Gasteiger partial charge on any atom is -0.487 e. The number of carbonyl (C=O) groups is 1. The van der Waals surface area contributed by atoms with Gasteiger partial charge in [0.1, 0.15) is 22.6 Å². The van der Waals surface area contributed by atoms with Crippen molar-refractivity contribution in [3.05, 3.63) is 76.9 Å². The van der Waals surface area contributed by atoms with Gasteiger partial charge in [-0.15, -0.1) is 22.7 Å². The number of pyridine rings is 1. The quantitative estimate of drug-likeness (QED) is 0.511. The Morgan fingerprint density at radius 3 is 2.86 bits per heavy atom. The van der Waals surface area contributed by atoms with Crippen LogP contribution in [0.25, 0.3) is 21.0 Å². The van der Waals surface area contributed by atoms with Crippen LogP contribution in [0.1, 0.15) is 16.1 Å². The van der Waals surface area contributed by atoms with Gasteiger partial charge in [-0.05, 0) is 34.7 Å². The summed E-state index contributed by atoms with van der Waals surface area (Å²) in [5.74, 6) is 0.726. The smallest absolute Gasteiger partial charge is 0.270 e. The number of ether oxygens (including phenoxy) is 1. The number of aromatic nitrogens is 2. The zero-order valence-electron chi connectivity index (χ0n) is 15.4. The SMILES string of the molecule is O=C(NC[C@@H]1Cc2cccc(-c3ccncc3)c2O1)c1csc(-c2cccs2)n1. The molecule has 3 aromatic heterocycles. The number of hydrogen-bond donors (Lipinski definition) is 1. The van der Waals surface area contributed by atoms with E-state index in [1.165, 1.54) is 11.3 Å². The van der Waals surface area contributed by atoms with Crippen molar-refractivity contribution in [2.45, 2.75) is 12.5 Å². The number of nitrogens with one attached hydrogen (secondary N) is 1. The van der Waals surface area contributed by atoms with Crippen molar-refractivity contribution in [2.75, 3.05) is 6.54 Å². The molecular formula is C22H17N3O2S2. The van der Waals surface area contributed by atoms with E-state index in [4.69, 9.17) is 4.74 Å². The third-order valence-electron chi connectivity index (χ3n) is 4.78. The maximum Gasteiger partial charge on any atom is 0.270 e. The minimum atomic E-state index is -0.169. The zero-order valence-corrected chi connectivity index (χ0v) is 17.0. The lowest BCUT2D eigenvalue weighted by Crippen LogP contribution is -2.34. The molecule has 0 bridgehead atoms. The van der Waals surface area contributed by atoms with Crippen molar-refractivity contribution in [1.29, 1.82) is 0 Å². The Kier molecular flexibility index (Phi) is 4.83. The summed E-state index contributed by atoms with van der Waals surface area (Å²) in [5.41, 5.74) is 3.74. The summed E-state index contributed by atoms with van der Waals surface area (Å²) in [4.78, 5) is 22.1. The van der Waals surface area contributed by atoms with Crippen LogP contribution in [-0.2, 0) is 6.42 Å². The molecule has 4 aromatic rings. The molecule has 0 saturated heterocycles. The summed E-state index contributed by atoms with van der Waals surface area (Å²) in [6.07, 6.45) is 4.23. The van der Waals surface area contributed by atoms with Gasteiger partial charge in [0.2, 0.25) is 0 Å². The van der Waals surface area contributed by atoms with E-state index in [9.17, 15) is 4.79 Å². The minimum absolute atomic E-state index is 0.0904. The normalized spacial score (nSPS) is 15.0. The van der Waals surface area contributed by atoms with Crippen LogP contribution in [0, 0.1) is 0 Å². The third kappa shape index (κ3) is 3.66. The molecule has 1 atom stereocenters. The predicted molar refractivity (Wildman–Crippen MR) is 116 cm³/mol. The second-order valence-corrected chi connectivity index (χ2v) is 8.50. The van der Waals surface area contributed by atoms with Gasteiger partial charge in [0.15, 0.2) is 0 Å². The van der Waals surface area contributed by atoms with Gasteiger partial charge in [-0.2, -0.15) is 0 Å². The molecule has 0 aliphatic carbocycles. The average Bonchev–Trinajstić information content (AvgIpc) is 3.52. The van der Waals surface area contributed by atoms with E-state index in [0.717, 1.165) is 38.7 Å². The van der Waals surface area contributed by atoms with E-state index >= 15 is 0 Å². The summed E-state index contributed by atoms with van der Waals surface area (Å²) in [7, 11) is 0. The molecule has 5 nitrogen and oxygen atoms in total. The van der Waals surface area contributed by atoms with Gasteiger partial charge in [0, 0.05) is 29.8 Å². The molecule has 0 unspecified atom stereocenters. The Morgan fingerprint density at radius 2 is 2.03 bits per heavy atom. The van der Waals surface area contributed by atoms with E-state index in [1.54, 1.807) is 29.1 Å². The number of nitrogens with zero attached hydrogens (tertiary/aromatic N) is 2. The van der Waals surface area contributed by atoms with Gasteiger partial charge >= 0.3 is 0 Å². The number of rotatable bonds is 5. The maximum absolute atomic E-state index is 12.5. The largest absolute Gasteiger partial charge is 0.487 e. The van der Waals surface area contributed by atoms with Crippen LogP contribution in [0.15, 0.2) is 65.6 Å². The number of thiophene rings is 1. The molecule has 7 heteroatoms. The van der Waals surface area contributed by atoms with Crippen molar-refractivity contribution in [1.82, 2.24) is 15.3 Å². The highest BCUT2D eigenvalue weighted by molar-refractivity contribution is 7.20. The van der Waals surface area contributed by atoms with Gasteiger partial charge in [-0.25, -0.2) is 4.98 Å².